The Kier molecular flexibility index (Phi) is 1.85. The first-order valence-corrected chi connectivity index (χ1v) is 5.34. The Hall–Kier alpha value is -1.74. The van der Waals surface area contributed by atoms with E-state index in [2.05, 4.69) is 4.98 Å². The molecule has 0 saturated carbocycles. The number of nitrogens with two attached hydrogens (primary N) is 1. The van der Waals surface area contributed by atoms with Crippen molar-refractivity contribution in [2.45, 2.75) is 0 Å². The molecule has 0 bridgehead atoms. The van der Waals surface area contributed by atoms with Crippen LogP contribution < -0.4 is 5.73 Å². The average Bonchev–Trinajstić information content (AvgIpc) is 2.54. The highest BCUT2D eigenvalue weighted by molar-refractivity contribution is 6.32. The van der Waals surface area contributed by atoms with Crippen LogP contribution >= 0.6 is 11.6 Å². The molecule has 0 saturated heterocycles. The van der Waals surface area contributed by atoms with Crippen LogP contribution in [0.3, 0.4) is 0 Å². The minimum atomic E-state index is 0.548. The maximum absolute atomic E-state index is 6.01. The third-order valence-corrected chi connectivity index (χ3v) is 3.13. The topological polar surface area (TPSA) is 43.8 Å². The molecule has 2 heterocycles. The van der Waals surface area contributed by atoms with Crippen molar-refractivity contribution in [3.8, 4) is 0 Å². The fraction of sp³-hybridized carbons (Fsp3) is 0.0833. The molecule has 0 atom stereocenters. The predicted octanol–water partition coefficient (Wildman–Crippen LogP) is 2.96. The molecule has 3 rings (SSSR count). The van der Waals surface area contributed by atoms with E-state index >= 15 is 0 Å². The number of aromatic nitrogens is 2. The molecular weight excluding hydrogens is 222 g/mol. The van der Waals surface area contributed by atoms with Gasteiger partial charge in [-0.2, -0.15) is 0 Å². The van der Waals surface area contributed by atoms with E-state index in [0.717, 1.165) is 26.8 Å². The van der Waals surface area contributed by atoms with E-state index in [1.54, 1.807) is 6.20 Å². The van der Waals surface area contributed by atoms with Gasteiger partial charge in [0.2, 0.25) is 0 Å². The van der Waals surface area contributed by atoms with Crippen molar-refractivity contribution in [2.75, 3.05) is 5.73 Å². The molecule has 0 amide bonds. The van der Waals surface area contributed by atoms with Gasteiger partial charge in [0.1, 0.15) is 5.82 Å². The molecule has 3 aromatic rings. The molecule has 80 valence electrons. The van der Waals surface area contributed by atoms with E-state index in [4.69, 9.17) is 17.3 Å². The molecule has 0 radical (unpaired) electrons. The highest BCUT2D eigenvalue weighted by Gasteiger charge is 2.10. The van der Waals surface area contributed by atoms with Crippen LogP contribution in [0.15, 0.2) is 30.5 Å². The van der Waals surface area contributed by atoms with Gasteiger partial charge in [-0.15, -0.1) is 0 Å². The summed E-state index contributed by atoms with van der Waals surface area (Å²) in [6.07, 6.45) is 1.72. The van der Waals surface area contributed by atoms with Crippen molar-refractivity contribution < 1.29 is 0 Å². The first-order valence-electron chi connectivity index (χ1n) is 4.96. The van der Waals surface area contributed by atoms with Gasteiger partial charge in [0.25, 0.3) is 0 Å². The number of fused-ring (bicyclic) bond motifs is 3. The zero-order valence-electron chi connectivity index (χ0n) is 8.74. The molecular formula is C12H10ClN3. The lowest BCUT2D eigenvalue weighted by Gasteiger charge is -1.99. The fourth-order valence-corrected chi connectivity index (χ4v) is 2.35. The number of anilines is 1. The number of halogens is 1. The highest BCUT2D eigenvalue weighted by Crippen LogP contribution is 2.31. The zero-order valence-corrected chi connectivity index (χ0v) is 9.49. The number of hydrogen-bond acceptors (Lipinski definition) is 2. The van der Waals surface area contributed by atoms with E-state index in [1.165, 1.54) is 0 Å². The van der Waals surface area contributed by atoms with Gasteiger partial charge in [0, 0.05) is 34.6 Å². The van der Waals surface area contributed by atoms with E-state index in [-0.39, 0.29) is 0 Å². The first kappa shape index (κ1) is 9.48. The Balaban J connectivity index is 2.65. The molecule has 16 heavy (non-hydrogen) atoms. The van der Waals surface area contributed by atoms with Crippen LogP contribution in [0.2, 0.25) is 5.02 Å². The van der Waals surface area contributed by atoms with Crippen LogP contribution in [0, 0.1) is 0 Å². The van der Waals surface area contributed by atoms with Crippen LogP contribution in [-0.4, -0.2) is 9.55 Å². The molecule has 1 aromatic carbocycles. The maximum atomic E-state index is 6.01. The van der Waals surface area contributed by atoms with Crippen molar-refractivity contribution in [3.63, 3.8) is 0 Å². The molecule has 2 aromatic heterocycles. The van der Waals surface area contributed by atoms with E-state index in [9.17, 15) is 0 Å². The smallest absolute Gasteiger partial charge is 0.147 e. The summed E-state index contributed by atoms with van der Waals surface area (Å²) in [5.41, 5.74) is 7.96. The standard InChI is InChI=1S/C12H10ClN3/c1-16-10-3-2-7(13)6-9(10)8-4-5-15-12(14)11(8)16/h2-6H,1H3,(H2,14,15). The lowest BCUT2D eigenvalue weighted by atomic mass is 10.2. The molecule has 0 aliphatic heterocycles. The van der Waals surface area contributed by atoms with Gasteiger partial charge < -0.3 is 10.3 Å². The summed E-state index contributed by atoms with van der Waals surface area (Å²) in [5.74, 6) is 0.548. The summed E-state index contributed by atoms with van der Waals surface area (Å²) in [6, 6.07) is 7.80. The quantitative estimate of drug-likeness (QED) is 0.647. The van der Waals surface area contributed by atoms with Gasteiger partial charge in [0.05, 0.1) is 5.52 Å². The van der Waals surface area contributed by atoms with Crippen molar-refractivity contribution in [1.29, 1.82) is 0 Å². The van der Waals surface area contributed by atoms with Gasteiger partial charge >= 0.3 is 0 Å². The van der Waals surface area contributed by atoms with Crippen molar-refractivity contribution >= 4 is 39.2 Å². The number of rotatable bonds is 0. The van der Waals surface area contributed by atoms with Crippen LogP contribution in [0.1, 0.15) is 0 Å². The van der Waals surface area contributed by atoms with Gasteiger partial charge in [0.15, 0.2) is 0 Å². The Labute approximate surface area is 97.4 Å². The van der Waals surface area contributed by atoms with Crippen LogP contribution in [0.25, 0.3) is 21.8 Å². The summed E-state index contributed by atoms with van der Waals surface area (Å²) in [6.45, 7) is 0. The largest absolute Gasteiger partial charge is 0.382 e. The Morgan fingerprint density at radius 3 is 2.88 bits per heavy atom. The number of hydrogen-bond donors (Lipinski definition) is 1. The second-order valence-electron chi connectivity index (χ2n) is 3.81. The van der Waals surface area contributed by atoms with Gasteiger partial charge in [-0.25, -0.2) is 4.98 Å². The number of aryl methyl sites for hydroxylation is 1. The SMILES string of the molecule is Cn1c2ccc(Cl)cc2c2ccnc(N)c21. The Bertz CT molecular complexity index is 700. The average molecular weight is 232 g/mol. The molecule has 3 nitrogen and oxygen atoms in total. The third-order valence-electron chi connectivity index (χ3n) is 2.90. The first-order chi connectivity index (χ1) is 7.68. The number of benzene rings is 1. The summed E-state index contributed by atoms with van der Waals surface area (Å²) in [5, 5.41) is 2.93. The summed E-state index contributed by atoms with van der Waals surface area (Å²) >= 11 is 6.01. The van der Waals surface area contributed by atoms with Gasteiger partial charge in [-0.3, -0.25) is 0 Å². The molecule has 0 spiro atoms. The number of pyridine rings is 1. The Morgan fingerprint density at radius 2 is 2.06 bits per heavy atom. The van der Waals surface area contributed by atoms with E-state index < -0.39 is 0 Å². The van der Waals surface area contributed by atoms with Gasteiger partial charge in [-0.05, 0) is 24.3 Å². The van der Waals surface area contributed by atoms with Crippen molar-refractivity contribution in [2.24, 2.45) is 7.05 Å². The fourth-order valence-electron chi connectivity index (χ4n) is 2.18. The van der Waals surface area contributed by atoms with Crippen LogP contribution in [0.5, 0.6) is 0 Å². The van der Waals surface area contributed by atoms with Crippen molar-refractivity contribution in [1.82, 2.24) is 9.55 Å². The summed E-state index contributed by atoms with van der Waals surface area (Å²) < 4.78 is 2.04. The molecule has 0 aliphatic rings. The number of nitrogen functional groups attached to an aromatic ring is 1. The second-order valence-corrected chi connectivity index (χ2v) is 4.25. The molecule has 4 heteroatoms. The summed E-state index contributed by atoms with van der Waals surface area (Å²) in [4.78, 5) is 4.11. The van der Waals surface area contributed by atoms with Gasteiger partial charge in [-0.1, -0.05) is 11.6 Å². The van der Waals surface area contributed by atoms with Crippen LogP contribution in [-0.2, 0) is 7.05 Å². The maximum Gasteiger partial charge on any atom is 0.147 e. The normalized spacial score (nSPS) is 11.4. The van der Waals surface area contributed by atoms with E-state index in [0.29, 0.717) is 5.82 Å². The lowest BCUT2D eigenvalue weighted by Crippen LogP contribution is -1.95. The predicted molar refractivity (Wildman–Crippen MR) is 67.6 cm³/mol. The second kappa shape index (κ2) is 3.12. The molecule has 0 unspecified atom stereocenters. The monoisotopic (exact) mass is 231 g/mol. The lowest BCUT2D eigenvalue weighted by molar-refractivity contribution is 1.01. The van der Waals surface area contributed by atoms with Crippen LogP contribution in [0.4, 0.5) is 5.82 Å². The zero-order chi connectivity index (χ0) is 11.3. The molecule has 0 fully saturated rings. The third kappa shape index (κ3) is 1.12. The minimum absolute atomic E-state index is 0.548. The van der Waals surface area contributed by atoms with Crippen molar-refractivity contribution in [3.05, 3.63) is 35.5 Å². The molecule has 2 N–H and O–H groups in total. The van der Waals surface area contributed by atoms with E-state index in [1.807, 2.05) is 35.9 Å². The molecule has 0 aliphatic carbocycles. The highest BCUT2D eigenvalue weighted by atomic mass is 35.5. The minimum Gasteiger partial charge on any atom is -0.382 e. The number of nitrogens with zero attached hydrogens (tertiary/aromatic N) is 2. The summed E-state index contributed by atoms with van der Waals surface area (Å²) in [7, 11) is 1.98. The Morgan fingerprint density at radius 1 is 1.25 bits per heavy atom.